The monoisotopic (exact) mass is 556 g/mol. The molecule has 0 bridgehead atoms. The van der Waals surface area contributed by atoms with Crippen LogP contribution in [0.1, 0.15) is 43.2 Å². The van der Waals surface area contributed by atoms with Crippen molar-refractivity contribution in [2.24, 2.45) is 0 Å². The van der Waals surface area contributed by atoms with E-state index in [0.29, 0.717) is 22.0 Å². The van der Waals surface area contributed by atoms with Crippen LogP contribution in [0.15, 0.2) is 72.8 Å². The summed E-state index contributed by atoms with van der Waals surface area (Å²) in [5.41, 5.74) is 1.55. The number of hydrogen-bond donors (Lipinski definition) is 1. The number of carbonyl (C=O) groups is 2. The molecule has 0 aliphatic heterocycles. The molecule has 1 saturated carbocycles. The molecule has 8 heteroatoms. The van der Waals surface area contributed by atoms with Gasteiger partial charge in [0.2, 0.25) is 5.91 Å². The molecule has 1 N–H and O–H groups in total. The highest BCUT2D eigenvalue weighted by Crippen LogP contribution is 2.25. The lowest BCUT2D eigenvalue weighted by molar-refractivity contribution is -0.143. The van der Waals surface area contributed by atoms with Gasteiger partial charge in [-0.2, -0.15) is 0 Å². The summed E-state index contributed by atoms with van der Waals surface area (Å²) in [5, 5.41) is 4.03. The van der Waals surface area contributed by atoms with E-state index in [1.165, 1.54) is 17.0 Å². The van der Waals surface area contributed by atoms with Crippen LogP contribution in [0.3, 0.4) is 0 Å². The Morgan fingerprint density at radius 2 is 1.68 bits per heavy atom. The minimum atomic E-state index is -0.831. The Bertz CT molecular complexity index is 1240. The molecule has 3 aromatic rings. The van der Waals surface area contributed by atoms with Crippen LogP contribution in [-0.4, -0.2) is 35.4 Å². The Kier molecular flexibility index (Phi) is 10.0. The molecular formula is C30H31Cl2FN2O3. The van der Waals surface area contributed by atoms with Crippen molar-refractivity contribution in [3.63, 3.8) is 0 Å². The summed E-state index contributed by atoms with van der Waals surface area (Å²) in [4.78, 5) is 28.9. The standard InChI is InChI=1S/C30H31Cl2FN2O3/c31-23-16-15-22(25(32)18-23)19-35(29(36)20-38-28-14-8-7-13-26(28)33)27(17-21-9-3-1-4-10-21)30(37)34-24-11-5-2-6-12-24/h1,3-4,7-10,13-16,18,24,27H,2,5-6,11-12,17,19-20H2,(H,34,37)/t27-/m0/s1. The van der Waals surface area contributed by atoms with E-state index < -0.39 is 24.4 Å². The molecule has 4 rings (SSSR count). The normalized spacial score (nSPS) is 14.5. The van der Waals surface area contributed by atoms with Gasteiger partial charge in [0.05, 0.1) is 0 Å². The molecule has 1 aliphatic carbocycles. The van der Waals surface area contributed by atoms with Gasteiger partial charge in [-0.3, -0.25) is 9.59 Å². The third kappa shape index (κ3) is 7.71. The first-order valence-electron chi connectivity index (χ1n) is 12.9. The molecule has 1 atom stereocenters. The number of para-hydroxylation sites is 1. The predicted octanol–water partition coefficient (Wildman–Crippen LogP) is 6.60. The molecule has 0 spiro atoms. The molecule has 0 radical (unpaired) electrons. The maximum atomic E-state index is 14.2. The molecule has 0 heterocycles. The molecule has 5 nitrogen and oxygen atoms in total. The van der Waals surface area contributed by atoms with Gasteiger partial charge in [0.25, 0.3) is 5.91 Å². The summed E-state index contributed by atoms with van der Waals surface area (Å²) < 4.78 is 19.7. The van der Waals surface area contributed by atoms with Gasteiger partial charge in [-0.25, -0.2) is 4.39 Å². The predicted molar refractivity (Wildman–Crippen MR) is 148 cm³/mol. The summed E-state index contributed by atoms with van der Waals surface area (Å²) >= 11 is 12.6. The molecule has 200 valence electrons. The average molecular weight is 557 g/mol. The molecule has 1 aliphatic rings. The maximum Gasteiger partial charge on any atom is 0.261 e. The lowest BCUT2D eigenvalue weighted by Crippen LogP contribution is -2.53. The first-order chi connectivity index (χ1) is 18.4. The SMILES string of the molecule is O=C(NC1CCCCC1)[C@H](Cc1ccccc1)N(Cc1ccc(Cl)cc1Cl)C(=O)COc1ccccc1F. The van der Waals surface area contributed by atoms with Gasteiger partial charge in [-0.15, -0.1) is 0 Å². The van der Waals surface area contributed by atoms with Crippen LogP contribution in [-0.2, 0) is 22.6 Å². The first-order valence-corrected chi connectivity index (χ1v) is 13.6. The lowest BCUT2D eigenvalue weighted by atomic mass is 9.94. The number of hydrogen-bond acceptors (Lipinski definition) is 3. The molecule has 1 fully saturated rings. The van der Waals surface area contributed by atoms with E-state index in [9.17, 15) is 14.0 Å². The number of rotatable bonds is 10. The highest BCUT2D eigenvalue weighted by atomic mass is 35.5. The van der Waals surface area contributed by atoms with Crippen LogP contribution in [0.4, 0.5) is 4.39 Å². The highest BCUT2D eigenvalue weighted by molar-refractivity contribution is 6.35. The third-order valence-electron chi connectivity index (χ3n) is 6.77. The van der Waals surface area contributed by atoms with Gasteiger partial charge in [0.1, 0.15) is 6.04 Å². The van der Waals surface area contributed by atoms with Gasteiger partial charge >= 0.3 is 0 Å². The van der Waals surface area contributed by atoms with Gasteiger partial charge in [-0.05, 0) is 48.2 Å². The fraction of sp³-hybridized carbons (Fsp3) is 0.333. The van der Waals surface area contributed by atoms with Crippen molar-refractivity contribution in [1.29, 1.82) is 0 Å². The van der Waals surface area contributed by atoms with Crippen LogP contribution in [0, 0.1) is 5.82 Å². The van der Waals surface area contributed by atoms with E-state index >= 15 is 0 Å². The van der Waals surface area contributed by atoms with E-state index in [-0.39, 0.29) is 24.2 Å². The third-order valence-corrected chi connectivity index (χ3v) is 7.35. The Balaban J connectivity index is 1.64. The average Bonchev–Trinajstić information content (AvgIpc) is 2.92. The second-order valence-electron chi connectivity index (χ2n) is 9.53. The van der Waals surface area contributed by atoms with E-state index in [1.807, 2.05) is 30.3 Å². The van der Waals surface area contributed by atoms with E-state index in [0.717, 1.165) is 37.7 Å². The summed E-state index contributed by atoms with van der Waals surface area (Å²) in [6.45, 7) is -0.376. The summed E-state index contributed by atoms with van der Waals surface area (Å²) in [7, 11) is 0. The fourth-order valence-electron chi connectivity index (χ4n) is 4.72. The Hall–Kier alpha value is -3.09. The first kappa shape index (κ1) is 27.9. The van der Waals surface area contributed by atoms with Crippen molar-refractivity contribution >= 4 is 35.0 Å². The Morgan fingerprint density at radius 1 is 0.974 bits per heavy atom. The smallest absolute Gasteiger partial charge is 0.261 e. The summed E-state index contributed by atoms with van der Waals surface area (Å²) in [6, 6.07) is 19.7. The summed E-state index contributed by atoms with van der Waals surface area (Å²) in [6.07, 6.45) is 5.42. The van der Waals surface area contributed by atoms with Crippen molar-refractivity contribution in [2.45, 2.75) is 57.2 Å². The van der Waals surface area contributed by atoms with Crippen LogP contribution in [0.5, 0.6) is 5.75 Å². The molecule has 2 amide bonds. The minimum Gasteiger partial charge on any atom is -0.481 e. The topological polar surface area (TPSA) is 58.6 Å². The molecule has 0 saturated heterocycles. The van der Waals surface area contributed by atoms with Gasteiger partial charge in [-0.1, -0.05) is 91.0 Å². The van der Waals surface area contributed by atoms with E-state index in [1.54, 1.807) is 30.3 Å². The minimum absolute atomic E-state index is 0.0309. The fourth-order valence-corrected chi connectivity index (χ4v) is 5.18. The summed E-state index contributed by atoms with van der Waals surface area (Å²) in [5.74, 6) is -1.29. The number of ether oxygens (including phenoxy) is 1. The second kappa shape index (κ2) is 13.6. The maximum absolute atomic E-state index is 14.2. The number of nitrogens with one attached hydrogen (secondary N) is 1. The number of amides is 2. The molecule has 0 unspecified atom stereocenters. The lowest BCUT2D eigenvalue weighted by Gasteiger charge is -2.33. The van der Waals surface area contributed by atoms with Crippen molar-refractivity contribution in [3.05, 3.63) is 99.8 Å². The molecule has 3 aromatic carbocycles. The molecule has 0 aromatic heterocycles. The number of nitrogens with zero attached hydrogens (tertiary/aromatic N) is 1. The molecular weight excluding hydrogens is 526 g/mol. The van der Waals surface area contributed by atoms with Crippen molar-refractivity contribution in [1.82, 2.24) is 10.2 Å². The van der Waals surface area contributed by atoms with Crippen LogP contribution < -0.4 is 10.1 Å². The highest BCUT2D eigenvalue weighted by Gasteiger charge is 2.32. The largest absolute Gasteiger partial charge is 0.481 e. The van der Waals surface area contributed by atoms with Crippen molar-refractivity contribution < 1.29 is 18.7 Å². The number of carbonyl (C=O) groups excluding carboxylic acids is 2. The van der Waals surface area contributed by atoms with Crippen molar-refractivity contribution in [2.75, 3.05) is 6.61 Å². The van der Waals surface area contributed by atoms with Crippen LogP contribution in [0.2, 0.25) is 10.0 Å². The van der Waals surface area contributed by atoms with Gasteiger partial charge < -0.3 is 15.0 Å². The van der Waals surface area contributed by atoms with Crippen LogP contribution >= 0.6 is 23.2 Å². The Labute approximate surface area is 232 Å². The zero-order valence-electron chi connectivity index (χ0n) is 21.0. The zero-order chi connectivity index (χ0) is 26.9. The quantitative estimate of drug-likeness (QED) is 0.306. The van der Waals surface area contributed by atoms with E-state index in [4.69, 9.17) is 27.9 Å². The van der Waals surface area contributed by atoms with Gasteiger partial charge in [0.15, 0.2) is 18.2 Å². The van der Waals surface area contributed by atoms with Gasteiger partial charge in [0, 0.05) is 29.1 Å². The van der Waals surface area contributed by atoms with Crippen LogP contribution in [0.25, 0.3) is 0 Å². The number of benzene rings is 3. The zero-order valence-corrected chi connectivity index (χ0v) is 22.6. The molecule has 38 heavy (non-hydrogen) atoms. The number of halogens is 3. The van der Waals surface area contributed by atoms with E-state index in [2.05, 4.69) is 5.32 Å². The second-order valence-corrected chi connectivity index (χ2v) is 10.4. The van der Waals surface area contributed by atoms with Crippen molar-refractivity contribution in [3.8, 4) is 5.75 Å². The Morgan fingerprint density at radius 3 is 2.39 bits per heavy atom.